The molecule has 3 nitrogen and oxygen atoms in total. The van der Waals surface area contributed by atoms with Gasteiger partial charge in [-0.25, -0.2) is 0 Å². The monoisotopic (exact) mass is 353 g/mol. The maximum Gasteiger partial charge on any atom is 0.257 e. The van der Waals surface area contributed by atoms with E-state index in [0.717, 1.165) is 21.0 Å². The van der Waals surface area contributed by atoms with E-state index in [1.807, 2.05) is 43.4 Å². The van der Waals surface area contributed by atoms with E-state index in [9.17, 15) is 4.79 Å². The van der Waals surface area contributed by atoms with Crippen LogP contribution in [0.4, 0.5) is 0 Å². The summed E-state index contributed by atoms with van der Waals surface area (Å²) in [5, 5.41) is 3.89. The van der Waals surface area contributed by atoms with Crippen LogP contribution in [0.5, 0.6) is 0 Å². The average Bonchev–Trinajstić information content (AvgIpc) is 2.96. The molecule has 0 saturated heterocycles. The number of carbonyl (C=O) groups excluding carboxylic acids is 1. The van der Waals surface area contributed by atoms with Gasteiger partial charge in [0.05, 0.1) is 5.56 Å². The normalized spacial score (nSPS) is 13.8. The Bertz CT molecular complexity index is 717. The number of hydrogen-bond donors (Lipinski definition) is 1. The zero-order chi connectivity index (χ0) is 15.1. The van der Waals surface area contributed by atoms with E-state index < -0.39 is 0 Å². The van der Waals surface area contributed by atoms with Crippen molar-refractivity contribution < 1.29 is 4.79 Å². The zero-order valence-corrected chi connectivity index (χ0v) is 13.8. The molecule has 0 saturated carbocycles. The number of carbonyl (C=O) groups is 1. The highest BCUT2D eigenvalue weighted by atomic mass is 79.9. The first kappa shape index (κ1) is 16.6. The van der Waals surface area contributed by atoms with Crippen LogP contribution in [-0.4, -0.2) is 16.6 Å². The minimum atomic E-state index is -0.0371. The Labute approximate surface area is 129 Å². The van der Waals surface area contributed by atoms with Crippen LogP contribution in [0.3, 0.4) is 0 Å². The quantitative estimate of drug-likeness (QED) is 0.842. The third kappa shape index (κ3) is 4.02. The molecule has 0 aliphatic heterocycles. The van der Waals surface area contributed by atoms with E-state index in [-0.39, 0.29) is 10.4 Å². The van der Waals surface area contributed by atoms with Crippen LogP contribution in [-0.2, 0) is 4.79 Å². The largest absolute Gasteiger partial charge is 0.322 e. The molecular weight excluding hydrogens is 338 g/mol. The van der Waals surface area contributed by atoms with Gasteiger partial charge in [0, 0.05) is 15.1 Å². The minimum absolute atomic E-state index is 0.0371. The molecule has 0 bridgehead atoms. The van der Waals surface area contributed by atoms with Gasteiger partial charge in [0.25, 0.3) is 5.56 Å². The average molecular weight is 354 g/mol. The highest BCUT2D eigenvalue weighted by Crippen LogP contribution is 2.19. The summed E-state index contributed by atoms with van der Waals surface area (Å²) in [4.78, 5) is 24.2. The van der Waals surface area contributed by atoms with E-state index in [4.69, 9.17) is 4.79 Å². The lowest BCUT2D eigenvalue weighted by molar-refractivity contribution is -0.0979. The first-order valence-electron chi connectivity index (χ1n) is 6.00. The fourth-order valence-electron chi connectivity index (χ4n) is 1.80. The van der Waals surface area contributed by atoms with Crippen LogP contribution in [0.1, 0.15) is 13.8 Å². The fourth-order valence-corrected chi connectivity index (χ4v) is 2.82. The number of thiophene rings is 1. The number of hydrogen-bond acceptors (Lipinski definition) is 3. The second-order valence-corrected chi connectivity index (χ2v) is 6.38. The van der Waals surface area contributed by atoms with Gasteiger partial charge in [-0.1, -0.05) is 34.1 Å². The molecule has 2 rings (SSSR count). The standard InChI is InChI=1S/C14H14BrNOS.CH2O/c1-3-12-10(7-9(2)15)8-11(14(17)16-12)13-5-4-6-18-13;1-2/h3-9H,1-2H3,(H,16,17);1H2/b10-7-,12-3+;. The van der Waals surface area contributed by atoms with E-state index in [1.165, 1.54) is 0 Å². The summed E-state index contributed by atoms with van der Waals surface area (Å²) in [5.41, 5.74) is 0.694. The van der Waals surface area contributed by atoms with Gasteiger partial charge in [-0.3, -0.25) is 4.79 Å². The molecule has 0 aromatic carbocycles. The lowest BCUT2D eigenvalue weighted by Crippen LogP contribution is -2.35. The summed E-state index contributed by atoms with van der Waals surface area (Å²) in [5.74, 6) is 0. The summed E-state index contributed by atoms with van der Waals surface area (Å²) in [6.07, 6.45) is 4.00. The molecule has 106 valence electrons. The summed E-state index contributed by atoms with van der Waals surface area (Å²) < 4.78 is 0. The van der Waals surface area contributed by atoms with E-state index in [2.05, 4.69) is 33.9 Å². The van der Waals surface area contributed by atoms with Crippen molar-refractivity contribution in [1.82, 2.24) is 4.98 Å². The molecule has 0 radical (unpaired) electrons. The molecule has 0 spiro atoms. The highest BCUT2D eigenvalue weighted by Gasteiger charge is 2.04. The van der Waals surface area contributed by atoms with Crippen molar-refractivity contribution in [3.8, 4) is 10.4 Å². The Balaban J connectivity index is 0.000000956. The van der Waals surface area contributed by atoms with Crippen LogP contribution in [0.25, 0.3) is 22.6 Å². The number of H-pyrrole nitrogens is 1. The molecule has 2 aromatic rings. The number of nitrogens with one attached hydrogen (secondary N) is 1. The molecule has 0 aliphatic rings. The number of aromatic nitrogens is 1. The molecular formula is C15H16BrNO2S. The molecule has 1 atom stereocenters. The second kappa shape index (κ2) is 7.97. The van der Waals surface area contributed by atoms with Gasteiger partial charge in [-0.2, -0.15) is 0 Å². The van der Waals surface area contributed by atoms with Crippen molar-refractivity contribution in [2.24, 2.45) is 0 Å². The van der Waals surface area contributed by atoms with Gasteiger partial charge in [0.2, 0.25) is 0 Å². The Hall–Kier alpha value is -1.46. The molecule has 0 amide bonds. The van der Waals surface area contributed by atoms with Crippen LogP contribution in [0.15, 0.2) is 28.4 Å². The van der Waals surface area contributed by atoms with E-state index >= 15 is 0 Å². The van der Waals surface area contributed by atoms with Gasteiger partial charge in [-0.15, -0.1) is 11.3 Å². The molecule has 1 unspecified atom stereocenters. The van der Waals surface area contributed by atoms with E-state index in [0.29, 0.717) is 0 Å². The van der Waals surface area contributed by atoms with Crippen LogP contribution >= 0.6 is 27.3 Å². The first-order chi connectivity index (χ1) is 9.61. The van der Waals surface area contributed by atoms with Crippen LogP contribution in [0, 0.1) is 0 Å². The highest BCUT2D eigenvalue weighted by molar-refractivity contribution is 9.09. The smallest absolute Gasteiger partial charge is 0.257 e. The van der Waals surface area contributed by atoms with Gasteiger partial charge in [0.15, 0.2) is 0 Å². The minimum Gasteiger partial charge on any atom is -0.322 e. The molecule has 2 heterocycles. The Kier molecular flexibility index (Phi) is 6.61. The predicted octanol–water partition coefficient (Wildman–Crippen LogP) is 2.28. The Morgan fingerprint density at radius 2 is 2.15 bits per heavy atom. The summed E-state index contributed by atoms with van der Waals surface area (Å²) in [6, 6.07) is 5.87. The van der Waals surface area contributed by atoms with Gasteiger partial charge in [-0.05, 0) is 36.6 Å². The summed E-state index contributed by atoms with van der Waals surface area (Å²) in [6.45, 7) is 5.97. The van der Waals surface area contributed by atoms with Crippen molar-refractivity contribution in [3.05, 3.63) is 44.5 Å². The predicted molar refractivity (Wildman–Crippen MR) is 89.7 cm³/mol. The van der Waals surface area contributed by atoms with Gasteiger partial charge in [0.1, 0.15) is 6.79 Å². The van der Waals surface area contributed by atoms with E-state index in [1.54, 1.807) is 11.3 Å². The number of pyridine rings is 1. The molecule has 20 heavy (non-hydrogen) atoms. The SMILES string of the molecule is C/C=c1/[nH]c(=O)c(-c2cccs2)c/c1=C/C(C)Br.C=O. The van der Waals surface area contributed by atoms with Crippen molar-refractivity contribution >= 4 is 46.2 Å². The van der Waals surface area contributed by atoms with Crippen molar-refractivity contribution in [2.45, 2.75) is 18.7 Å². The fraction of sp³-hybridized carbons (Fsp3) is 0.200. The third-order valence-electron chi connectivity index (χ3n) is 2.59. The molecule has 5 heteroatoms. The Morgan fingerprint density at radius 3 is 2.65 bits per heavy atom. The molecule has 1 N–H and O–H groups in total. The maximum atomic E-state index is 12.0. The van der Waals surface area contributed by atoms with Crippen molar-refractivity contribution in [3.63, 3.8) is 0 Å². The number of alkyl halides is 1. The lowest BCUT2D eigenvalue weighted by Gasteiger charge is -1.99. The zero-order valence-electron chi connectivity index (χ0n) is 11.4. The molecule has 2 aromatic heterocycles. The number of aromatic amines is 1. The van der Waals surface area contributed by atoms with Crippen molar-refractivity contribution in [2.75, 3.05) is 0 Å². The third-order valence-corrected chi connectivity index (χ3v) is 3.76. The second-order valence-electron chi connectivity index (χ2n) is 3.99. The number of halogens is 1. The Morgan fingerprint density at radius 1 is 1.45 bits per heavy atom. The van der Waals surface area contributed by atoms with Gasteiger partial charge < -0.3 is 9.78 Å². The summed E-state index contributed by atoms with van der Waals surface area (Å²) >= 11 is 5.08. The van der Waals surface area contributed by atoms with Gasteiger partial charge >= 0.3 is 0 Å². The summed E-state index contributed by atoms with van der Waals surface area (Å²) in [7, 11) is 0. The molecule has 0 fully saturated rings. The van der Waals surface area contributed by atoms with Crippen LogP contribution in [0.2, 0.25) is 0 Å². The number of rotatable bonds is 2. The molecule has 0 aliphatic carbocycles. The maximum absolute atomic E-state index is 12.0. The van der Waals surface area contributed by atoms with Crippen LogP contribution < -0.4 is 16.1 Å². The van der Waals surface area contributed by atoms with Crippen molar-refractivity contribution in [1.29, 1.82) is 0 Å². The lowest BCUT2D eigenvalue weighted by atomic mass is 10.2. The topological polar surface area (TPSA) is 49.9 Å². The first-order valence-corrected chi connectivity index (χ1v) is 7.79.